The number of ether oxygens (including phenoxy) is 1. The van der Waals surface area contributed by atoms with E-state index in [0.29, 0.717) is 12.8 Å². The van der Waals surface area contributed by atoms with Gasteiger partial charge >= 0.3 is 0 Å². The van der Waals surface area contributed by atoms with E-state index in [4.69, 9.17) is 4.74 Å². The standard InChI is InChI=1S/C16H18N2O2/c1-12-3-7-14(11-17-12)18-16(19)10-6-13-4-8-15(20-2)9-5-13/h3-5,7-9,11H,6,10H2,1-2H3,(H,18,19). The summed E-state index contributed by atoms with van der Waals surface area (Å²) in [6.07, 6.45) is 2.82. The van der Waals surface area contributed by atoms with Crippen LogP contribution in [0, 0.1) is 6.92 Å². The van der Waals surface area contributed by atoms with E-state index in [0.717, 1.165) is 22.7 Å². The normalized spacial score (nSPS) is 10.1. The number of anilines is 1. The molecule has 0 fully saturated rings. The lowest BCUT2D eigenvalue weighted by Crippen LogP contribution is -2.12. The molecule has 0 unspecified atom stereocenters. The van der Waals surface area contributed by atoms with Crippen LogP contribution in [0.3, 0.4) is 0 Å². The molecule has 0 atom stereocenters. The van der Waals surface area contributed by atoms with Crippen molar-refractivity contribution in [2.45, 2.75) is 19.8 Å². The van der Waals surface area contributed by atoms with Crippen LogP contribution in [0.15, 0.2) is 42.6 Å². The van der Waals surface area contributed by atoms with Gasteiger partial charge in [0, 0.05) is 12.1 Å². The van der Waals surface area contributed by atoms with Crippen molar-refractivity contribution >= 4 is 11.6 Å². The molecule has 2 rings (SSSR count). The molecule has 4 heteroatoms. The molecule has 1 aromatic carbocycles. The van der Waals surface area contributed by atoms with Gasteiger partial charge in [-0.25, -0.2) is 0 Å². The van der Waals surface area contributed by atoms with Gasteiger partial charge in [0.15, 0.2) is 0 Å². The number of hydrogen-bond acceptors (Lipinski definition) is 3. The first-order chi connectivity index (χ1) is 9.67. The third-order valence-electron chi connectivity index (χ3n) is 2.99. The van der Waals surface area contributed by atoms with Crippen LogP contribution < -0.4 is 10.1 Å². The first-order valence-electron chi connectivity index (χ1n) is 6.53. The van der Waals surface area contributed by atoms with Crippen LogP contribution in [-0.2, 0) is 11.2 Å². The number of aryl methyl sites for hydroxylation is 2. The average Bonchev–Trinajstić information content (AvgIpc) is 2.48. The molecule has 0 aliphatic heterocycles. The maximum absolute atomic E-state index is 11.8. The van der Waals surface area contributed by atoms with Gasteiger partial charge in [-0.1, -0.05) is 12.1 Å². The van der Waals surface area contributed by atoms with Crippen molar-refractivity contribution < 1.29 is 9.53 Å². The second kappa shape index (κ2) is 6.70. The Bertz CT molecular complexity index is 562. The zero-order chi connectivity index (χ0) is 14.4. The summed E-state index contributed by atoms with van der Waals surface area (Å²) in [7, 11) is 1.64. The number of rotatable bonds is 5. The first-order valence-corrected chi connectivity index (χ1v) is 6.53. The van der Waals surface area contributed by atoms with Crippen LogP contribution in [0.25, 0.3) is 0 Å². The summed E-state index contributed by atoms with van der Waals surface area (Å²) in [6.45, 7) is 1.91. The van der Waals surface area contributed by atoms with Gasteiger partial charge in [-0.05, 0) is 43.2 Å². The van der Waals surface area contributed by atoms with Gasteiger partial charge < -0.3 is 10.1 Å². The van der Waals surface area contributed by atoms with Gasteiger partial charge in [-0.3, -0.25) is 9.78 Å². The van der Waals surface area contributed by atoms with E-state index < -0.39 is 0 Å². The third kappa shape index (κ3) is 4.09. The summed E-state index contributed by atoms with van der Waals surface area (Å²) >= 11 is 0. The summed E-state index contributed by atoms with van der Waals surface area (Å²) in [5.41, 5.74) is 2.78. The molecule has 0 aliphatic rings. The lowest BCUT2D eigenvalue weighted by atomic mass is 10.1. The van der Waals surface area contributed by atoms with Crippen molar-refractivity contribution in [3.05, 3.63) is 53.9 Å². The van der Waals surface area contributed by atoms with Crippen LogP contribution in [-0.4, -0.2) is 18.0 Å². The van der Waals surface area contributed by atoms with Crippen LogP contribution in [0.1, 0.15) is 17.7 Å². The molecule has 4 nitrogen and oxygen atoms in total. The Morgan fingerprint density at radius 1 is 1.20 bits per heavy atom. The molecule has 0 aliphatic carbocycles. The van der Waals surface area contributed by atoms with Gasteiger partial charge in [0.05, 0.1) is 19.0 Å². The quantitative estimate of drug-likeness (QED) is 0.908. The van der Waals surface area contributed by atoms with Crippen LogP contribution in [0.4, 0.5) is 5.69 Å². The minimum absolute atomic E-state index is 0.00790. The van der Waals surface area contributed by atoms with Crippen molar-refractivity contribution in [1.29, 1.82) is 0 Å². The van der Waals surface area contributed by atoms with E-state index >= 15 is 0 Å². The largest absolute Gasteiger partial charge is 0.497 e. The molecule has 2 aromatic rings. The van der Waals surface area contributed by atoms with E-state index in [2.05, 4.69) is 10.3 Å². The molecule has 0 spiro atoms. The Morgan fingerprint density at radius 3 is 2.55 bits per heavy atom. The number of nitrogens with one attached hydrogen (secondary N) is 1. The van der Waals surface area contributed by atoms with E-state index in [-0.39, 0.29) is 5.91 Å². The minimum atomic E-state index is -0.00790. The van der Waals surface area contributed by atoms with E-state index in [1.54, 1.807) is 13.3 Å². The second-order valence-electron chi connectivity index (χ2n) is 4.58. The van der Waals surface area contributed by atoms with Crippen molar-refractivity contribution in [2.24, 2.45) is 0 Å². The van der Waals surface area contributed by atoms with Crippen molar-refractivity contribution in [2.75, 3.05) is 12.4 Å². The molecule has 1 heterocycles. The van der Waals surface area contributed by atoms with Crippen LogP contribution in [0.2, 0.25) is 0 Å². The first kappa shape index (κ1) is 14.1. The number of hydrogen-bond donors (Lipinski definition) is 1. The Hall–Kier alpha value is -2.36. The van der Waals surface area contributed by atoms with Gasteiger partial charge in [0.2, 0.25) is 5.91 Å². The highest BCUT2D eigenvalue weighted by Gasteiger charge is 2.03. The number of pyridine rings is 1. The van der Waals surface area contributed by atoms with Gasteiger partial charge in [0.25, 0.3) is 0 Å². The number of carbonyl (C=O) groups is 1. The lowest BCUT2D eigenvalue weighted by Gasteiger charge is -2.06. The maximum atomic E-state index is 11.8. The topological polar surface area (TPSA) is 51.2 Å². The third-order valence-corrected chi connectivity index (χ3v) is 2.99. The van der Waals surface area contributed by atoms with Crippen LogP contribution >= 0.6 is 0 Å². The Kier molecular flexibility index (Phi) is 4.71. The highest BCUT2D eigenvalue weighted by molar-refractivity contribution is 5.90. The fourth-order valence-corrected chi connectivity index (χ4v) is 1.82. The molecular weight excluding hydrogens is 252 g/mol. The molecule has 1 aromatic heterocycles. The number of benzene rings is 1. The smallest absolute Gasteiger partial charge is 0.224 e. The average molecular weight is 270 g/mol. The highest BCUT2D eigenvalue weighted by Crippen LogP contribution is 2.13. The zero-order valence-electron chi connectivity index (χ0n) is 11.7. The summed E-state index contributed by atoms with van der Waals surface area (Å²) in [5.74, 6) is 0.815. The monoisotopic (exact) mass is 270 g/mol. The Morgan fingerprint density at radius 2 is 1.95 bits per heavy atom. The SMILES string of the molecule is COc1ccc(CCC(=O)Nc2ccc(C)nc2)cc1. The minimum Gasteiger partial charge on any atom is -0.497 e. The predicted molar refractivity (Wildman–Crippen MR) is 78.9 cm³/mol. The fraction of sp³-hybridized carbons (Fsp3) is 0.250. The number of aromatic nitrogens is 1. The van der Waals surface area contributed by atoms with Gasteiger partial charge in [-0.15, -0.1) is 0 Å². The number of nitrogens with zero attached hydrogens (tertiary/aromatic N) is 1. The molecular formula is C16H18N2O2. The molecule has 0 saturated heterocycles. The molecule has 1 N–H and O–H groups in total. The molecule has 0 bridgehead atoms. The molecule has 0 radical (unpaired) electrons. The molecule has 0 saturated carbocycles. The van der Waals surface area contributed by atoms with E-state index in [1.807, 2.05) is 43.3 Å². The van der Waals surface area contributed by atoms with Crippen molar-refractivity contribution in [3.8, 4) is 5.75 Å². The summed E-state index contributed by atoms with van der Waals surface area (Å²) in [6, 6.07) is 11.5. The van der Waals surface area contributed by atoms with Gasteiger partial charge in [0.1, 0.15) is 5.75 Å². The number of carbonyl (C=O) groups excluding carboxylic acids is 1. The maximum Gasteiger partial charge on any atom is 0.224 e. The fourth-order valence-electron chi connectivity index (χ4n) is 1.82. The summed E-state index contributed by atoms with van der Waals surface area (Å²) < 4.78 is 5.10. The Balaban J connectivity index is 1.83. The number of methoxy groups -OCH3 is 1. The molecule has 20 heavy (non-hydrogen) atoms. The number of amides is 1. The van der Waals surface area contributed by atoms with E-state index in [1.165, 1.54) is 0 Å². The molecule has 1 amide bonds. The second-order valence-corrected chi connectivity index (χ2v) is 4.58. The van der Waals surface area contributed by atoms with Gasteiger partial charge in [-0.2, -0.15) is 0 Å². The Labute approximate surface area is 118 Å². The van der Waals surface area contributed by atoms with Crippen molar-refractivity contribution in [3.63, 3.8) is 0 Å². The summed E-state index contributed by atoms with van der Waals surface area (Å²) in [5, 5.41) is 2.84. The predicted octanol–water partition coefficient (Wildman–Crippen LogP) is 2.97. The molecule has 104 valence electrons. The zero-order valence-corrected chi connectivity index (χ0v) is 11.7. The lowest BCUT2D eigenvalue weighted by molar-refractivity contribution is -0.116. The van der Waals surface area contributed by atoms with E-state index in [9.17, 15) is 4.79 Å². The van der Waals surface area contributed by atoms with Crippen LogP contribution in [0.5, 0.6) is 5.75 Å². The summed E-state index contributed by atoms with van der Waals surface area (Å²) in [4.78, 5) is 16.0. The highest BCUT2D eigenvalue weighted by atomic mass is 16.5. The van der Waals surface area contributed by atoms with Crippen molar-refractivity contribution in [1.82, 2.24) is 4.98 Å².